The van der Waals surface area contributed by atoms with E-state index in [1.165, 1.54) is 0 Å². The van der Waals surface area contributed by atoms with Crippen LogP contribution in [-0.2, 0) is 0 Å². The Morgan fingerprint density at radius 3 is 2.39 bits per heavy atom. The third kappa shape index (κ3) is 2.58. The van der Waals surface area contributed by atoms with E-state index in [9.17, 15) is 4.79 Å². The summed E-state index contributed by atoms with van der Waals surface area (Å²) in [6.45, 7) is 1.91. The Morgan fingerprint density at radius 2 is 1.78 bits per heavy atom. The number of amides is 1. The van der Waals surface area contributed by atoms with Crippen molar-refractivity contribution >= 4 is 11.6 Å². The molecule has 0 fully saturated rings. The van der Waals surface area contributed by atoms with Gasteiger partial charge < -0.3 is 5.32 Å². The number of benzene rings is 2. The van der Waals surface area contributed by atoms with Gasteiger partial charge in [0.05, 0.1) is 0 Å². The van der Waals surface area contributed by atoms with Gasteiger partial charge in [0, 0.05) is 16.8 Å². The Kier molecular flexibility index (Phi) is 3.45. The van der Waals surface area contributed by atoms with E-state index in [0.717, 1.165) is 16.8 Å². The van der Waals surface area contributed by atoms with Gasteiger partial charge in [0.1, 0.15) is 0 Å². The van der Waals surface area contributed by atoms with Crippen LogP contribution in [0.25, 0.3) is 0 Å². The number of nitrogens with one attached hydrogen (secondary N) is 1. The molecule has 18 heavy (non-hydrogen) atoms. The smallest absolute Gasteiger partial charge is 0.255 e. The van der Waals surface area contributed by atoms with Crippen LogP contribution in [0.3, 0.4) is 0 Å². The van der Waals surface area contributed by atoms with Crippen LogP contribution >= 0.6 is 0 Å². The molecule has 0 saturated heterocycles. The lowest BCUT2D eigenvalue weighted by molar-refractivity contribution is 0.102. The molecule has 0 aliphatic rings. The van der Waals surface area contributed by atoms with Crippen molar-refractivity contribution in [3.8, 4) is 12.3 Å². The van der Waals surface area contributed by atoms with Gasteiger partial charge in [-0.05, 0) is 42.8 Å². The van der Waals surface area contributed by atoms with Crippen LogP contribution in [-0.4, -0.2) is 5.91 Å². The molecule has 0 aromatic heterocycles. The quantitative estimate of drug-likeness (QED) is 0.795. The summed E-state index contributed by atoms with van der Waals surface area (Å²) in [5.74, 6) is 2.43. The second-order valence-electron chi connectivity index (χ2n) is 3.99. The number of anilines is 1. The average Bonchev–Trinajstić information content (AvgIpc) is 2.40. The van der Waals surface area contributed by atoms with Crippen molar-refractivity contribution in [1.29, 1.82) is 0 Å². The first kappa shape index (κ1) is 11.9. The molecule has 0 saturated carbocycles. The van der Waals surface area contributed by atoms with Crippen molar-refractivity contribution in [3.05, 3.63) is 65.2 Å². The second kappa shape index (κ2) is 5.20. The lowest BCUT2D eigenvalue weighted by atomic mass is 10.1. The van der Waals surface area contributed by atoms with Gasteiger partial charge in [-0.3, -0.25) is 4.79 Å². The minimum Gasteiger partial charge on any atom is -0.322 e. The molecule has 0 heterocycles. The summed E-state index contributed by atoms with van der Waals surface area (Å²) >= 11 is 0. The third-order valence-electron chi connectivity index (χ3n) is 2.70. The fourth-order valence-electron chi connectivity index (χ4n) is 1.68. The molecule has 0 spiro atoms. The fraction of sp³-hybridized carbons (Fsp3) is 0.0625. The molecule has 0 radical (unpaired) electrons. The molecule has 1 amide bonds. The molecule has 2 nitrogen and oxygen atoms in total. The number of hydrogen-bond donors (Lipinski definition) is 1. The van der Waals surface area contributed by atoms with Crippen molar-refractivity contribution in [2.24, 2.45) is 0 Å². The minimum absolute atomic E-state index is 0.110. The zero-order valence-corrected chi connectivity index (χ0v) is 10.1. The largest absolute Gasteiger partial charge is 0.322 e. The average molecular weight is 235 g/mol. The number of terminal acetylenes is 1. The molecule has 88 valence electrons. The van der Waals surface area contributed by atoms with Gasteiger partial charge in [0.15, 0.2) is 0 Å². The summed E-state index contributed by atoms with van der Waals surface area (Å²) in [6, 6.07) is 14.7. The van der Waals surface area contributed by atoms with Crippen LogP contribution in [0.15, 0.2) is 48.5 Å². The van der Waals surface area contributed by atoms with Crippen LogP contribution in [0.4, 0.5) is 5.69 Å². The van der Waals surface area contributed by atoms with Crippen molar-refractivity contribution in [1.82, 2.24) is 0 Å². The number of hydrogen-bond acceptors (Lipinski definition) is 1. The second-order valence-corrected chi connectivity index (χ2v) is 3.99. The molecular formula is C16H13NO. The summed E-state index contributed by atoms with van der Waals surface area (Å²) in [6.07, 6.45) is 5.27. The minimum atomic E-state index is -0.110. The van der Waals surface area contributed by atoms with E-state index >= 15 is 0 Å². The number of carbonyl (C=O) groups excluding carboxylic acids is 1. The molecule has 1 N–H and O–H groups in total. The van der Waals surface area contributed by atoms with Gasteiger partial charge in [0.2, 0.25) is 0 Å². The Bertz CT molecular complexity index is 606. The molecule has 2 rings (SSSR count). The highest BCUT2D eigenvalue weighted by Crippen LogP contribution is 2.13. The van der Waals surface area contributed by atoms with Crippen LogP contribution in [0.5, 0.6) is 0 Å². The highest BCUT2D eigenvalue weighted by atomic mass is 16.1. The van der Waals surface area contributed by atoms with Gasteiger partial charge in [-0.2, -0.15) is 0 Å². The standard InChI is InChI=1S/C16H13NO/c1-3-13-8-10-14(11-9-13)17-16(18)15-7-5-4-6-12(15)2/h1,4-11H,2H3,(H,17,18). The summed E-state index contributed by atoms with van der Waals surface area (Å²) in [5.41, 5.74) is 3.17. The van der Waals surface area contributed by atoms with E-state index < -0.39 is 0 Å². The number of carbonyl (C=O) groups is 1. The lowest BCUT2D eigenvalue weighted by Gasteiger charge is -2.07. The van der Waals surface area contributed by atoms with Gasteiger partial charge in [-0.15, -0.1) is 6.42 Å². The summed E-state index contributed by atoms with van der Waals surface area (Å²) < 4.78 is 0. The summed E-state index contributed by atoms with van der Waals surface area (Å²) in [4.78, 5) is 12.0. The highest BCUT2D eigenvalue weighted by Gasteiger charge is 2.07. The zero-order valence-electron chi connectivity index (χ0n) is 10.1. The maximum atomic E-state index is 12.0. The van der Waals surface area contributed by atoms with E-state index in [1.807, 2.05) is 25.1 Å². The van der Waals surface area contributed by atoms with Gasteiger partial charge in [-0.25, -0.2) is 0 Å². The highest BCUT2D eigenvalue weighted by molar-refractivity contribution is 6.05. The first-order valence-corrected chi connectivity index (χ1v) is 5.64. The molecule has 2 heteroatoms. The summed E-state index contributed by atoms with van der Waals surface area (Å²) in [7, 11) is 0. The maximum Gasteiger partial charge on any atom is 0.255 e. The van der Waals surface area contributed by atoms with Crippen LogP contribution in [0.2, 0.25) is 0 Å². The molecular weight excluding hydrogens is 222 g/mol. The van der Waals surface area contributed by atoms with Crippen LogP contribution in [0.1, 0.15) is 21.5 Å². The Labute approximate surface area is 107 Å². The first-order chi connectivity index (χ1) is 8.70. The van der Waals surface area contributed by atoms with E-state index in [4.69, 9.17) is 6.42 Å². The van der Waals surface area contributed by atoms with Crippen molar-refractivity contribution < 1.29 is 4.79 Å². The zero-order chi connectivity index (χ0) is 13.0. The van der Waals surface area contributed by atoms with Crippen LogP contribution in [0, 0.1) is 19.3 Å². The SMILES string of the molecule is C#Cc1ccc(NC(=O)c2ccccc2C)cc1. The molecule has 0 atom stereocenters. The van der Waals surface area contributed by atoms with Crippen molar-refractivity contribution in [2.45, 2.75) is 6.92 Å². The van der Waals surface area contributed by atoms with E-state index in [-0.39, 0.29) is 5.91 Å². The predicted molar refractivity (Wildman–Crippen MR) is 73.5 cm³/mol. The molecule has 0 aliphatic heterocycles. The van der Waals surface area contributed by atoms with E-state index in [0.29, 0.717) is 5.56 Å². The van der Waals surface area contributed by atoms with Crippen molar-refractivity contribution in [3.63, 3.8) is 0 Å². The summed E-state index contributed by atoms with van der Waals surface area (Å²) in [5, 5.41) is 2.84. The predicted octanol–water partition coefficient (Wildman–Crippen LogP) is 3.23. The van der Waals surface area contributed by atoms with E-state index in [1.54, 1.807) is 30.3 Å². The Hall–Kier alpha value is -2.53. The van der Waals surface area contributed by atoms with Crippen LogP contribution < -0.4 is 5.32 Å². The number of rotatable bonds is 2. The van der Waals surface area contributed by atoms with E-state index in [2.05, 4.69) is 11.2 Å². The third-order valence-corrected chi connectivity index (χ3v) is 2.70. The first-order valence-electron chi connectivity index (χ1n) is 5.64. The van der Waals surface area contributed by atoms with Gasteiger partial charge in [-0.1, -0.05) is 24.1 Å². The Morgan fingerprint density at radius 1 is 1.11 bits per heavy atom. The molecule has 2 aromatic carbocycles. The number of aryl methyl sites for hydroxylation is 1. The fourth-order valence-corrected chi connectivity index (χ4v) is 1.68. The topological polar surface area (TPSA) is 29.1 Å². The molecule has 0 bridgehead atoms. The maximum absolute atomic E-state index is 12.0. The molecule has 2 aromatic rings. The lowest BCUT2D eigenvalue weighted by Crippen LogP contribution is -2.13. The molecule has 0 unspecified atom stereocenters. The molecule has 0 aliphatic carbocycles. The normalized spacial score (nSPS) is 9.56. The Balaban J connectivity index is 2.17. The van der Waals surface area contributed by atoms with Crippen molar-refractivity contribution in [2.75, 3.05) is 5.32 Å². The monoisotopic (exact) mass is 235 g/mol. The van der Waals surface area contributed by atoms with Gasteiger partial charge in [0.25, 0.3) is 5.91 Å². The van der Waals surface area contributed by atoms with Gasteiger partial charge >= 0.3 is 0 Å².